The highest BCUT2D eigenvalue weighted by atomic mass is 32.2. The van der Waals surface area contributed by atoms with E-state index in [0.29, 0.717) is 46.9 Å². The fourth-order valence-electron chi connectivity index (χ4n) is 5.05. The summed E-state index contributed by atoms with van der Waals surface area (Å²) < 4.78 is 40.3. The maximum Gasteiger partial charge on any atom is 0.256 e. The quantitative estimate of drug-likeness (QED) is 0.428. The number of aromatic nitrogens is 1. The molecule has 38 heavy (non-hydrogen) atoms. The Bertz CT molecular complexity index is 1580. The Balaban J connectivity index is 1.48. The van der Waals surface area contributed by atoms with Crippen molar-refractivity contribution in [1.82, 2.24) is 9.88 Å². The smallest absolute Gasteiger partial charge is 0.256 e. The van der Waals surface area contributed by atoms with Crippen LogP contribution in [0.4, 0.5) is 10.1 Å². The summed E-state index contributed by atoms with van der Waals surface area (Å²) in [5.74, 6) is -1.55. The molecule has 1 saturated heterocycles. The number of anilines is 1. The summed E-state index contributed by atoms with van der Waals surface area (Å²) in [6.45, 7) is 4.83. The second kappa shape index (κ2) is 9.85. The molecule has 0 aliphatic carbocycles. The number of carbonyl (C=O) groups excluding carboxylic acids is 2. The van der Waals surface area contributed by atoms with Crippen molar-refractivity contribution in [2.45, 2.75) is 43.4 Å². The molecule has 0 radical (unpaired) electrons. The van der Waals surface area contributed by atoms with Gasteiger partial charge in [-0.2, -0.15) is 0 Å². The largest absolute Gasteiger partial charge is 0.358 e. The average Bonchev–Trinajstić information content (AvgIpc) is 3.34. The van der Waals surface area contributed by atoms with Gasteiger partial charge in [0.1, 0.15) is 5.82 Å². The zero-order valence-electron chi connectivity index (χ0n) is 21.2. The SMILES string of the molecule is Cc1[nH]c(C=C2C(=O)Nc3ccc(S(=O)(=O)Cc4ccccc4F)cc32)c(C)c1C(=O)N1CCC(N)CC1. The van der Waals surface area contributed by atoms with Crippen molar-refractivity contribution >= 4 is 39.0 Å². The molecule has 3 heterocycles. The lowest BCUT2D eigenvalue weighted by Crippen LogP contribution is -2.43. The number of nitrogens with two attached hydrogens (primary N) is 1. The first-order chi connectivity index (χ1) is 18.0. The van der Waals surface area contributed by atoms with E-state index in [-0.39, 0.29) is 33.9 Å². The third-order valence-corrected chi connectivity index (χ3v) is 8.91. The fourth-order valence-corrected chi connectivity index (χ4v) is 6.43. The number of piperidine rings is 1. The highest BCUT2D eigenvalue weighted by Gasteiger charge is 2.29. The molecule has 198 valence electrons. The van der Waals surface area contributed by atoms with E-state index in [1.165, 1.54) is 36.4 Å². The van der Waals surface area contributed by atoms with Crippen molar-refractivity contribution in [2.75, 3.05) is 18.4 Å². The number of sulfone groups is 1. The minimum Gasteiger partial charge on any atom is -0.358 e. The van der Waals surface area contributed by atoms with Gasteiger partial charge in [0.15, 0.2) is 9.84 Å². The van der Waals surface area contributed by atoms with Crippen molar-refractivity contribution in [3.63, 3.8) is 0 Å². The monoisotopic (exact) mass is 536 g/mol. The molecule has 2 aromatic carbocycles. The molecule has 8 nitrogen and oxygen atoms in total. The summed E-state index contributed by atoms with van der Waals surface area (Å²) in [6, 6.07) is 10.2. The molecule has 0 saturated carbocycles. The number of hydrogen-bond acceptors (Lipinski definition) is 5. The Hall–Kier alpha value is -3.76. The maximum absolute atomic E-state index is 14.1. The molecule has 4 N–H and O–H groups in total. The van der Waals surface area contributed by atoms with Crippen LogP contribution in [-0.2, 0) is 20.4 Å². The van der Waals surface area contributed by atoms with Crippen LogP contribution in [0.15, 0.2) is 47.4 Å². The molecule has 0 unspecified atom stereocenters. The summed E-state index contributed by atoms with van der Waals surface area (Å²) in [5.41, 5.74) is 9.79. The first-order valence-corrected chi connectivity index (χ1v) is 14.1. The Kier molecular flexibility index (Phi) is 6.70. The number of amides is 2. The minimum atomic E-state index is -3.88. The standard InChI is InChI=1S/C28H29FN4O4S/c1-16-25(31-17(2)26(16)28(35)33-11-9-19(30)10-12-33)14-22-21-13-20(7-8-24(21)32-27(22)34)38(36,37)15-18-5-3-4-6-23(18)29/h3-8,13-14,19,31H,9-12,15,30H2,1-2H3,(H,32,34). The lowest BCUT2D eigenvalue weighted by Gasteiger charge is -2.30. The third-order valence-electron chi connectivity index (χ3n) is 7.24. The van der Waals surface area contributed by atoms with E-state index in [1.54, 1.807) is 17.0 Å². The summed E-state index contributed by atoms with van der Waals surface area (Å²) >= 11 is 0. The van der Waals surface area contributed by atoms with E-state index >= 15 is 0 Å². The summed E-state index contributed by atoms with van der Waals surface area (Å²) in [6.07, 6.45) is 3.15. The van der Waals surface area contributed by atoms with Gasteiger partial charge in [-0.1, -0.05) is 18.2 Å². The molecular formula is C28H29FN4O4S. The van der Waals surface area contributed by atoms with Gasteiger partial charge in [0.2, 0.25) is 0 Å². The number of halogens is 1. The van der Waals surface area contributed by atoms with Gasteiger partial charge in [0.25, 0.3) is 11.8 Å². The van der Waals surface area contributed by atoms with E-state index in [4.69, 9.17) is 5.73 Å². The number of nitrogens with zero attached hydrogens (tertiary/aromatic N) is 1. The van der Waals surface area contributed by atoms with Gasteiger partial charge in [-0.15, -0.1) is 0 Å². The first kappa shape index (κ1) is 25.9. The fraction of sp³-hybridized carbons (Fsp3) is 0.286. The number of likely N-dealkylation sites (tertiary alicyclic amines) is 1. The van der Waals surface area contributed by atoms with Crippen LogP contribution in [0.25, 0.3) is 11.6 Å². The van der Waals surface area contributed by atoms with E-state index in [2.05, 4.69) is 10.3 Å². The van der Waals surface area contributed by atoms with Crippen LogP contribution < -0.4 is 11.1 Å². The molecule has 10 heteroatoms. The van der Waals surface area contributed by atoms with Crippen molar-refractivity contribution < 1.29 is 22.4 Å². The number of fused-ring (bicyclic) bond motifs is 1. The van der Waals surface area contributed by atoms with Crippen LogP contribution in [-0.4, -0.2) is 49.2 Å². The van der Waals surface area contributed by atoms with Gasteiger partial charge < -0.3 is 20.9 Å². The van der Waals surface area contributed by atoms with Crippen molar-refractivity contribution in [2.24, 2.45) is 5.73 Å². The Morgan fingerprint density at radius 3 is 2.58 bits per heavy atom. The van der Waals surface area contributed by atoms with Crippen LogP contribution in [0.5, 0.6) is 0 Å². The van der Waals surface area contributed by atoms with Gasteiger partial charge in [-0.05, 0) is 62.6 Å². The van der Waals surface area contributed by atoms with Crippen molar-refractivity contribution in [3.8, 4) is 0 Å². The molecule has 0 atom stereocenters. The molecule has 1 aromatic heterocycles. The van der Waals surface area contributed by atoms with Crippen LogP contribution in [0.3, 0.4) is 0 Å². The Morgan fingerprint density at radius 2 is 1.87 bits per heavy atom. The van der Waals surface area contributed by atoms with E-state index in [0.717, 1.165) is 12.8 Å². The molecule has 0 bridgehead atoms. The highest BCUT2D eigenvalue weighted by molar-refractivity contribution is 7.90. The van der Waals surface area contributed by atoms with Crippen LogP contribution in [0, 0.1) is 19.7 Å². The number of benzene rings is 2. The first-order valence-electron chi connectivity index (χ1n) is 12.4. The van der Waals surface area contributed by atoms with E-state index in [1.807, 2.05) is 13.8 Å². The van der Waals surface area contributed by atoms with Crippen LogP contribution in [0.1, 0.15) is 51.3 Å². The topological polar surface area (TPSA) is 125 Å². The second-order valence-electron chi connectivity index (χ2n) is 9.86. The number of H-pyrrole nitrogens is 1. The minimum absolute atomic E-state index is 0.0135. The Morgan fingerprint density at radius 1 is 1.16 bits per heavy atom. The zero-order valence-corrected chi connectivity index (χ0v) is 22.0. The predicted molar refractivity (Wildman–Crippen MR) is 144 cm³/mol. The van der Waals surface area contributed by atoms with Crippen molar-refractivity contribution in [3.05, 3.63) is 81.9 Å². The number of aryl methyl sites for hydroxylation is 1. The molecule has 2 amide bonds. The van der Waals surface area contributed by atoms with Crippen molar-refractivity contribution in [1.29, 1.82) is 0 Å². The average molecular weight is 537 g/mol. The lowest BCUT2D eigenvalue weighted by molar-refractivity contribution is -0.110. The van der Waals surface area contributed by atoms with Gasteiger partial charge in [0.05, 0.1) is 21.8 Å². The number of carbonyl (C=O) groups is 2. The van der Waals surface area contributed by atoms with Gasteiger partial charge >= 0.3 is 0 Å². The number of hydrogen-bond donors (Lipinski definition) is 3. The van der Waals surface area contributed by atoms with Crippen LogP contribution >= 0.6 is 0 Å². The van der Waals surface area contributed by atoms with E-state index in [9.17, 15) is 22.4 Å². The lowest BCUT2D eigenvalue weighted by atomic mass is 10.0. The zero-order chi connectivity index (χ0) is 27.2. The van der Waals surface area contributed by atoms with E-state index < -0.39 is 21.4 Å². The summed E-state index contributed by atoms with van der Waals surface area (Å²) in [4.78, 5) is 31.1. The molecule has 2 aliphatic rings. The molecule has 0 spiro atoms. The second-order valence-corrected chi connectivity index (χ2v) is 11.9. The molecule has 3 aromatic rings. The Labute approximate surface area is 220 Å². The summed E-state index contributed by atoms with van der Waals surface area (Å²) in [5, 5.41) is 2.76. The number of aromatic amines is 1. The molecular weight excluding hydrogens is 507 g/mol. The van der Waals surface area contributed by atoms with Crippen LogP contribution in [0.2, 0.25) is 0 Å². The highest BCUT2D eigenvalue weighted by Crippen LogP contribution is 2.36. The summed E-state index contributed by atoms with van der Waals surface area (Å²) in [7, 11) is -3.88. The number of nitrogens with one attached hydrogen (secondary N) is 2. The predicted octanol–water partition coefficient (Wildman–Crippen LogP) is 3.80. The normalized spacial score (nSPS) is 17.1. The molecule has 1 fully saturated rings. The maximum atomic E-state index is 14.1. The number of rotatable bonds is 5. The van der Waals surface area contributed by atoms with Gasteiger partial charge in [0, 0.05) is 47.3 Å². The van der Waals surface area contributed by atoms with Gasteiger partial charge in [-0.25, -0.2) is 12.8 Å². The molecule has 5 rings (SSSR count). The van der Waals surface area contributed by atoms with Gasteiger partial charge in [-0.3, -0.25) is 9.59 Å². The third kappa shape index (κ3) is 4.77. The molecule has 2 aliphatic heterocycles.